The quantitative estimate of drug-likeness (QED) is 0.500. The van der Waals surface area contributed by atoms with E-state index >= 15 is 0 Å². The molecule has 1 aliphatic heterocycles. The second kappa shape index (κ2) is 7.93. The van der Waals surface area contributed by atoms with Crippen LogP contribution < -0.4 is 0 Å². The van der Waals surface area contributed by atoms with Crippen LogP contribution in [0.4, 0.5) is 0 Å². The number of nitrogens with zero attached hydrogens (tertiary/aromatic N) is 3. The molecule has 0 aromatic heterocycles. The molecule has 0 unspecified atom stereocenters. The molecule has 1 heterocycles. The Morgan fingerprint density at radius 3 is 2.47 bits per heavy atom. The van der Waals surface area contributed by atoms with Gasteiger partial charge in [0.05, 0.1) is 0 Å². The second-order valence-corrected chi connectivity index (χ2v) is 4.50. The predicted octanol–water partition coefficient (Wildman–Crippen LogP) is 2.85. The van der Waals surface area contributed by atoms with E-state index in [1.807, 2.05) is 16.8 Å². The molecule has 3 nitrogen and oxygen atoms in total. The number of guanidine groups is 1. The SMILES string of the molecule is CCC/C=C/C=C/CCCN1CCN(C)C1=[N-]. The molecule has 0 amide bonds. The molecule has 0 spiro atoms. The zero-order valence-electron chi connectivity index (χ0n) is 11.1. The minimum atomic E-state index is 0.428. The Balaban J connectivity index is 2.06. The summed E-state index contributed by atoms with van der Waals surface area (Å²) in [5.41, 5.74) is 0. The zero-order valence-corrected chi connectivity index (χ0v) is 11.1. The number of likely N-dealkylation sites (N-methyl/N-ethyl adjacent to an activating group) is 1. The summed E-state index contributed by atoms with van der Waals surface area (Å²) in [6.07, 6.45) is 13.2. The Morgan fingerprint density at radius 1 is 1.18 bits per heavy atom. The molecular formula is C14H24N3-. The van der Waals surface area contributed by atoms with Gasteiger partial charge in [0.1, 0.15) is 0 Å². The average molecular weight is 234 g/mol. The number of hydrogen-bond donors (Lipinski definition) is 0. The first-order chi connectivity index (χ1) is 8.25. The maximum atomic E-state index is 9.70. The van der Waals surface area contributed by atoms with Gasteiger partial charge in [-0.2, -0.15) is 0 Å². The molecule has 1 aliphatic rings. The highest BCUT2D eigenvalue weighted by Gasteiger charge is 2.11. The van der Waals surface area contributed by atoms with E-state index in [0.29, 0.717) is 5.96 Å². The van der Waals surface area contributed by atoms with E-state index in [9.17, 15) is 5.41 Å². The molecule has 0 atom stereocenters. The maximum absolute atomic E-state index is 9.70. The van der Waals surface area contributed by atoms with Crippen LogP contribution in [0.1, 0.15) is 32.6 Å². The summed E-state index contributed by atoms with van der Waals surface area (Å²) in [6.45, 7) is 5.01. The van der Waals surface area contributed by atoms with Crippen molar-refractivity contribution in [3.63, 3.8) is 0 Å². The normalized spacial score (nSPS) is 16.9. The summed E-state index contributed by atoms with van der Waals surface area (Å²) in [5.74, 6) is 0.428. The molecule has 0 aliphatic carbocycles. The van der Waals surface area contributed by atoms with Gasteiger partial charge in [0.15, 0.2) is 0 Å². The molecule has 1 saturated heterocycles. The summed E-state index contributed by atoms with van der Waals surface area (Å²) in [6, 6.07) is 0. The first-order valence-electron chi connectivity index (χ1n) is 6.59. The summed E-state index contributed by atoms with van der Waals surface area (Å²) < 4.78 is 0. The molecule has 96 valence electrons. The number of allylic oxidation sites excluding steroid dienone is 4. The van der Waals surface area contributed by atoms with Gasteiger partial charge in [-0.05, 0) is 45.9 Å². The molecule has 0 aromatic rings. The van der Waals surface area contributed by atoms with Crippen LogP contribution in [0.25, 0.3) is 5.41 Å². The monoisotopic (exact) mass is 234 g/mol. The maximum Gasteiger partial charge on any atom is 0.0104 e. The summed E-state index contributed by atoms with van der Waals surface area (Å²) >= 11 is 0. The smallest absolute Gasteiger partial charge is 0.0104 e. The Morgan fingerprint density at radius 2 is 1.88 bits per heavy atom. The van der Waals surface area contributed by atoms with Crippen LogP contribution in [-0.2, 0) is 0 Å². The van der Waals surface area contributed by atoms with Crippen molar-refractivity contribution in [3.05, 3.63) is 29.7 Å². The van der Waals surface area contributed by atoms with Crippen molar-refractivity contribution in [2.24, 2.45) is 0 Å². The van der Waals surface area contributed by atoms with E-state index in [2.05, 4.69) is 31.2 Å². The van der Waals surface area contributed by atoms with Gasteiger partial charge in [-0.15, -0.1) is 0 Å². The van der Waals surface area contributed by atoms with E-state index in [1.54, 1.807) is 0 Å². The Bertz CT molecular complexity index is 281. The van der Waals surface area contributed by atoms with Crippen LogP contribution in [0.5, 0.6) is 0 Å². The zero-order chi connectivity index (χ0) is 12.5. The fourth-order valence-corrected chi connectivity index (χ4v) is 1.84. The van der Waals surface area contributed by atoms with Crippen LogP contribution >= 0.6 is 0 Å². The van der Waals surface area contributed by atoms with Crippen molar-refractivity contribution in [2.45, 2.75) is 32.6 Å². The first kappa shape index (κ1) is 13.8. The summed E-state index contributed by atoms with van der Waals surface area (Å²) in [7, 11) is 1.92. The van der Waals surface area contributed by atoms with Crippen LogP contribution in [0.15, 0.2) is 24.3 Å². The summed E-state index contributed by atoms with van der Waals surface area (Å²) in [5, 5.41) is 9.70. The van der Waals surface area contributed by atoms with Crippen molar-refractivity contribution in [2.75, 3.05) is 26.7 Å². The lowest BCUT2D eigenvalue weighted by molar-refractivity contribution is 0.455. The number of unbranched alkanes of at least 4 members (excludes halogenated alkanes) is 2. The number of hydrogen-bond acceptors (Lipinski definition) is 0. The second-order valence-electron chi connectivity index (χ2n) is 4.50. The lowest BCUT2D eigenvalue weighted by atomic mass is 10.2. The molecule has 17 heavy (non-hydrogen) atoms. The lowest BCUT2D eigenvalue weighted by Gasteiger charge is -2.27. The Labute approximate surface area is 105 Å². The molecular weight excluding hydrogens is 210 g/mol. The van der Waals surface area contributed by atoms with Crippen molar-refractivity contribution < 1.29 is 0 Å². The van der Waals surface area contributed by atoms with Gasteiger partial charge < -0.3 is 15.2 Å². The molecule has 1 fully saturated rings. The minimum Gasteiger partial charge on any atom is -0.429 e. The van der Waals surface area contributed by atoms with E-state index in [-0.39, 0.29) is 0 Å². The third kappa shape index (κ3) is 5.07. The third-order valence-electron chi connectivity index (χ3n) is 2.97. The third-order valence-corrected chi connectivity index (χ3v) is 2.97. The molecule has 0 N–H and O–H groups in total. The molecule has 0 radical (unpaired) electrons. The highest BCUT2D eigenvalue weighted by molar-refractivity contribution is 5.84. The minimum absolute atomic E-state index is 0.428. The van der Waals surface area contributed by atoms with Gasteiger partial charge in [0.2, 0.25) is 0 Å². The summed E-state index contributed by atoms with van der Waals surface area (Å²) in [4.78, 5) is 3.93. The van der Waals surface area contributed by atoms with Crippen LogP contribution in [0, 0.1) is 0 Å². The van der Waals surface area contributed by atoms with E-state index in [4.69, 9.17) is 0 Å². The van der Waals surface area contributed by atoms with E-state index in [0.717, 1.165) is 38.9 Å². The van der Waals surface area contributed by atoms with Crippen LogP contribution in [0.2, 0.25) is 0 Å². The fourth-order valence-electron chi connectivity index (χ4n) is 1.84. The van der Waals surface area contributed by atoms with Crippen molar-refractivity contribution in [1.82, 2.24) is 9.80 Å². The number of rotatable bonds is 7. The Kier molecular flexibility index (Phi) is 6.45. The highest BCUT2D eigenvalue weighted by atomic mass is 15.4. The molecule has 0 saturated carbocycles. The van der Waals surface area contributed by atoms with Gasteiger partial charge in [-0.3, -0.25) is 0 Å². The van der Waals surface area contributed by atoms with Gasteiger partial charge in [-0.25, -0.2) is 0 Å². The van der Waals surface area contributed by atoms with Crippen molar-refractivity contribution in [1.29, 1.82) is 0 Å². The Hall–Kier alpha value is -1.25. The van der Waals surface area contributed by atoms with Gasteiger partial charge >= 0.3 is 0 Å². The van der Waals surface area contributed by atoms with Crippen molar-refractivity contribution >= 4 is 5.96 Å². The average Bonchev–Trinajstić information content (AvgIpc) is 2.64. The predicted molar refractivity (Wildman–Crippen MR) is 75.0 cm³/mol. The van der Waals surface area contributed by atoms with Crippen LogP contribution in [-0.4, -0.2) is 42.4 Å². The van der Waals surface area contributed by atoms with Gasteiger partial charge in [0, 0.05) is 5.96 Å². The molecule has 1 rings (SSSR count). The largest absolute Gasteiger partial charge is 0.429 e. The molecule has 0 aromatic carbocycles. The van der Waals surface area contributed by atoms with Crippen molar-refractivity contribution in [3.8, 4) is 0 Å². The topological polar surface area (TPSA) is 28.8 Å². The van der Waals surface area contributed by atoms with E-state index < -0.39 is 0 Å². The van der Waals surface area contributed by atoms with E-state index in [1.165, 1.54) is 6.42 Å². The van der Waals surface area contributed by atoms with Gasteiger partial charge in [-0.1, -0.05) is 37.6 Å². The lowest BCUT2D eigenvalue weighted by Crippen LogP contribution is -2.30. The van der Waals surface area contributed by atoms with Gasteiger partial charge in [0.25, 0.3) is 0 Å². The fraction of sp³-hybridized carbons (Fsp3) is 0.643. The molecule has 3 heteroatoms. The van der Waals surface area contributed by atoms with Crippen LogP contribution in [0.3, 0.4) is 0 Å². The molecule has 0 bridgehead atoms. The first-order valence-corrected chi connectivity index (χ1v) is 6.59. The highest BCUT2D eigenvalue weighted by Crippen LogP contribution is 2.06. The standard InChI is InChI=1S/C14H24N3/c1-3-4-5-6-7-8-9-10-11-17-13-12-16(2)14(17)15/h5-8H,3-4,9-13H2,1-2H3/q-1/b6-5+,8-7+.